The van der Waals surface area contributed by atoms with Crippen molar-refractivity contribution in [3.63, 3.8) is 0 Å². The molecule has 0 spiro atoms. The number of amides is 1. The summed E-state index contributed by atoms with van der Waals surface area (Å²) >= 11 is 12.0. The van der Waals surface area contributed by atoms with Crippen molar-refractivity contribution in [3.8, 4) is 0 Å². The van der Waals surface area contributed by atoms with Crippen molar-refractivity contribution in [1.82, 2.24) is 0 Å². The van der Waals surface area contributed by atoms with Gasteiger partial charge in [-0.25, -0.2) is 12.8 Å². The number of carbonyl (C=O) groups excluding carboxylic acids is 1. The molecule has 0 heterocycles. The SMILES string of the molecule is CS(=O)(=O)N(CC(=O)Nc1ccccc1F)c1c(Cl)cccc1Cl. The Morgan fingerprint density at radius 1 is 1.12 bits per heavy atom. The van der Waals surface area contributed by atoms with Gasteiger partial charge in [0.15, 0.2) is 0 Å². The van der Waals surface area contributed by atoms with Gasteiger partial charge >= 0.3 is 0 Å². The molecule has 0 atom stereocenters. The molecule has 9 heteroatoms. The fourth-order valence-corrected chi connectivity index (χ4v) is 3.55. The number of hydrogen-bond donors (Lipinski definition) is 1. The van der Waals surface area contributed by atoms with Crippen molar-refractivity contribution >= 4 is 50.5 Å². The lowest BCUT2D eigenvalue weighted by molar-refractivity contribution is -0.114. The molecule has 0 aliphatic rings. The normalized spacial score (nSPS) is 11.2. The standard InChI is InChI=1S/C15H13Cl2FN2O3S/c1-24(22,23)20(15-10(16)5-4-6-11(15)17)9-14(21)19-13-8-3-2-7-12(13)18/h2-8H,9H2,1H3,(H,19,21). The molecule has 1 N–H and O–H groups in total. The second-order valence-corrected chi connectivity index (χ2v) is 7.59. The number of benzene rings is 2. The average Bonchev–Trinajstić information content (AvgIpc) is 2.47. The maximum absolute atomic E-state index is 13.6. The van der Waals surface area contributed by atoms with Crippen molar-refractivity contribution in [1.29, 1.82) is 0 Å². The molecule has 2 rings (SSSR count). The van der Waals surface area contributed by atoms with Crippen LogP contribution in [-0.2, 0) is 14.8 Å². The van der Waals surface area contributed by atoms with E-state index in [1.165, 1.54) is 36.4 Å². The summed E-state index contributed by atoms with van der Waals surface area (Å²) in [7, 11) is -3.85. The van der Waals surface area contributed by atoms with Gasteiger partial charge in [0.1, 0.15) is 12.4 Å². The van der Waals surface area contributed by atoms with Crippen LogP contribution in [0.4, 0.5) is 15.8 Å². The summed E-state index contributed by atoms with van der Waals surface area (Å²) in [4.78, 5) is 12.1. The molecular formula is C15H13Cl2FN2O3S. The third-order valence-electron chi connectivity index (χ3n) is 3.02. The maximum Gasteiger partial charge on any atom is 0.245 e. The van der Waals surface area contributed by atoms with E-state index in [2.05, 4.69) is 5.32 Å². The number of nitrogens with one attached hydrogen (secondary N) is 1. The van der Waals surface area contributed by atoms with Crippen LogP contribution in [0.1, 0.15) is 0 Å². The van der Waals surface area contributed by atoms with Gasteiger partial charge in [-0.3, -0.25) is 9.10 Å². The van der Waals surface area contributed by atoms with Crippen LogP contribution in [-0.4, -0.2) is 27.1 Å². The Bertz CT molecular complexity index is 855. The molecule has 0 saturated carbocycles. The Morgan fingerprint density at radius 2 is 1.71 bits per heavy atom. The summed E-state index contributed by atoms with van der Waals surface area (Å²) in [6.07, 6.45) is 0.920. The van der Waals surface area contributed by atoms with Crippen LogP contribution in [0.2, 0.25) is 10.0 Å². The van der Waals surface area contributed by atoms with Gasteiger partial charge in [-0.2, -0.15) is 0 Å². The Labute approximate surface area is 149 Å². The number of carbonyl (C=O) groups is 1. The van der Waals surface area contributed by atoms with E-state index in [0.29, 0.717) is 0 Å². The first-order valence-corrected chi connectivity index (χ1v) is 9.26. The van der Waals surface area contributed by atoms with E-state index in [9.17, 15) is 17.6 Å². The van der Waals surface area contributed by atoms with Crippen molar-refractivity contribution in [3.05, 3.63) is 58.3 Å². The van der Waals surface area contributed by atoms with Crippen LogP contribution < -0.4 is 9.62 Å². The van der Waals surface area contributed by atoms with Crippen LogP contribution in [0.5, 0.6) is 0 Å². The molecule has 5 nitrogen and oxygen atoms in total. The quantitative estimate of drug-likeness (QED) is 0.848. The molecule has 0 aliphatic carbocycles. The van der Waals surface area contributed by atoms with Crippen molar-refractivity contribution in [2.24, 2.45) is 0 Å². The van der Waals surface area contributed by atoms with Crippen LogP contribution in [0.25, 0.3) is 0 Å². The molecule has 0 unspecified atom stereocenters. The van der Waals surface area contributed by atoms with E-state index in [4.69, 9.17) is 23.2 Å². The zero-order valence-corrected chi connectivity index (χ0v) is 14.8. The summed E-state index contributed by atoms with van der Waals surface area (Å²) in [5.74, 6) is -1.37. The van der Waals surface area contributed by atoms with Crippen LogP contribution in [0.15, 0.2) is 42.5 Å². The maximum atomic E-state index is 13.6. The van der Waals surface area contributed by atoms with Gasteiger partial charge in [-0.15, -0.1) is 0 Å². The third-order valence-corrected chi connectivity index (χ3v) is 4.74. The van der Waals surface area contributed by atoms with Gasteiger partial charge in [0, 0.05) is 0 Å². The second kappa shape index (κ2) is 7.38. The van der Waals surface area contributed by atoms with E-state index in [1.807, 2.05) is 0 Å². The molecule has 1 amide bonds. The summed E-state index contributed by atoms with van der Waals surface area (Å²) in [5, 5.41) is 2.47. The zero-order valence-electron chi connectivity index (χ0n) is 12.5. The smallest absolute Gasteiger partial charge is 0.245 e. The topological polar surface area (TPSA) is 66.5 Å². The minimum absolute atomic E-state index is 0.00739. The molecule has 0 saturated heterocycles. The number of hydrogen-bond acceptors (Lipinski definition) is 3. The van der Waals surface area contributed by atoms with Crippen LogP contribution in [0.3, 0.4) is 0 Å². The molecule has 0 aliphatic heterocycles. The average molecular weight is 391 g/mol. The largest absolute Gasteiger partial charge is 0.322 e. The first-order valence-electron chi connectivity index (χ1n) is 6.66. The predicted molar refractivity (Wildman–Crippen MR) is 93.7 cm³/mol. The summed E-state index contributed by atoms with van der Waals surface area (Å²) < 4.78 is 38.4. The molecule has 128 valence electrons. The third kappa shape index (κ3) is 4.37. The van der Waals surface area contributed by atoms with Crippen molar-refractivity contribution in [2.45, 2.75) is 0 Å². The van der Waals surface area contributed by atoms with Gasteiger partial charge in [-0.05, 0) is 24.3 Å². The van der Waals surface area contributed by atoms with Crippen molar-refractivity contribution in [2.75, 3.05) is 22.4 Å². The molecule has 0 bridgehead atoms. The van der Waals surface area contributed by atoms with E-state index >= 15 is 0 Å². The van der Waals surface area contributed by atoms with Gasteiger partial charge in [-0.1, -0.05) is 41.4 Å². The Kier molecular flexibility index (Phi) is 5.69. The molecule has 0 fully saturated rings. The monoisotopic (exact) mass is 390 g/mol. The molecular weight excluding hydrogens is 378 g/mol. The van der Waals surface area contributed by atoms with E-state index in [-0.39, 0.29) is 21.4 Å². The number of sulfonamides is 1. The Hall–Kier alpha value is -1.83. The Balaban J connectivity index is 2.31. The fraction of sp³-hybridized carbons (Fsp3) is 0.133. The van der Waals surface area contributed by atoms with E-state index in [1.54, 1.807) is 6.07 Å². The zero-order chi connectivity index (χ0) is 17.9. The summed E-state index contributed by atoms with van der Waals surface area (Å²) in [5.41, 5.74) is -0.0618. The first kappa shape index (κ1) is 18.5. The molecule has 0 radical (unpaired) electrons. The van der Waals surface area contributed by atoms with Gasteiger partial charge < -0.3 is 5.32 Å². The number of anilines is 2. The minimum atomic E-state index is -3.85. The minimum Gasteiger partial charge on any atom is -0.322 e. The van der Waals surface area contributed by atoms with Crippen LogP contribution >= 0.6 is 23.2 Å². The highest BCUT2D eigenvalue weighted by molar-refractivity contribution is 7.92. The molecule has 2 aromatic rings. The van der Waals surface area contributed by atoms with Crippen LogP contribution in [0, 0.1) is 5.82 Å². The number of para-hydroxylation sites is 2. The molecule has 2 aromatic carbocycles. The van der Waals surface area contributed by atoms with Gasteiger partial charge in [0.2, 0.25) is 15.9 Å². The lowest BCUT2D eigenvalue weighted by atomic mass is 10.3. The highest BCUT2D eigenvalue weighted by atomic mass is 35.5. The van der Waals surface area contributed by atoms with Crippen molar-refractivity contribution < 1.29 is 17.6 Å². The van der Waals surface area contributed by atoms with E-state index < -0.39 is 28.3 Å². The Morgan fingerprint density at radius 3 is 2.25 bits per heavy atom. The highest BCUT2D eigenvalue weighted by Gasteiger charge is 2.25. The number of nitrogens with zero attached hydrogens (tertiary/aromatic N) is 1. The molecule has 24 heavy (non-hydrogen) atoms. The van der Waals surface area contributed by atoms with Gasteiger partial charge in [0.05, 0.1) is 27.7 Å². The van der Waals surface area contributed by atoms with Gasteiger partial charge in [0.25, 0.3) is 0 Å². The lowest BCUT2D eigenvalue weighted by Gasteiger charge is -2.24. The highest BCUT2D eigenvalue weighted by Crippen LogP contribution is 2.34. The lowest BCUT2D eigenvalue weighted by Crippen LogP contribution is -2.38. The second-order valence-electron chi connectivity index (χ2n) is 4.87. The summed E-state index contributed by atoms with van der Waals surface area (Å²) in [6.45, 7) is -0.601. The first-order chi connectivity index (χ1) is 11.2. The fourth-order valence-electron chi connectivity index (χ4n) is 1.97. The number of rotatable bonds is 5. The molecule has 0 aromatic heterocycles. The summed E-state index contributed by atoms with van der Waals surface area (Å²) in [6, 6.07) is 10.0. The number of halogens is 3. The predicted octanol–water partition coefficient (Wildman–Crippen LogP) is 3.54. The van der Waals surface area contributed by atoms with E-state index in [0.717, 1.165) is 10.6 Å².